The number of nitrogens with one attached hydrogen (secondary N) is 1. The third kappa shape index (κ3) is 1.85. The molecule has 1 N–H and O–H groups in total. The molecule has 1 aliphatic carbocycles. The third-order valence-electron chi connectivity index (χ3n) is 4.05. The van der Waals surface area contributed by atoms with Crippen molar-refractivity contribution >= 4 is 5.78 Å². The molecule has 2 heteroatoms. The SMILES string of the molecule is CNC(C)C1(C(C)C)CC1CC(C)=O. The van der Waals surface area contributed by atoms with E-state index in [1.165, 1.54) is 6.42 Å². The average Bonchev–Trinajstić information content (AvgIpc) is 2.78. The highest BCUT2D eigenvalue weighted by Crippen LogP contribution is 2.61. The van der Waals surface area contributed by atoms with Gasteiger partial charge in [0.1, 0.15) is 5.78 Å². The Labute approximate surface area is 87.5 Å². The molecule has 2 nitrogen and oxygen atoms in total. The molecule has 82 valence electrons. The van der Waals surface area contributed by atoms with Gasteiger partial charge in [0.05, 0.1) is 0 Å². The van der Waals surface area contributed by atoms with E-state index >= 15 is 0 Å². The summed E-state index contributed by atoms with van der Waals surface area (Å²) in [6, 6.07) is 0.520. The van der Waals surface area contributed by atoms with E-state index in [0.29, 0.717) is 29.1 Å². The summed E-state index contributed by atoms with van der Waals surface area (Å²) >= 11 is 0. The predicted molar refractivity (Wildman–Crippen MR) is 59.2 cm³/mol. The quantitative estimate of drug-likeness (QED) is 0.732. The van der Waals surface area contributed by atoms with Crippen molar-refractivity contribution in [2.24, 2.45) is 17.3 Å². The minimum absolute atomic E-state index is 0.334. The molecule has 0 bridgehead atoms. The maximum atomic E-state index is 11.1. The largest absolute Gasteiger partial charge is 0.317 e. The summed E-state index contributed by atoms with van der Waals surface area (Å²) in [7, 11) is 2.01. The maximum Gasteiger partial charge on any atom is 0.130 e. The molecule has 1 aliphatic rings. The first-order valence-corrected chi connectivity index (χ1v) is 5.61. The molecule has 1 rings (SSSR count). The van der Waals surface area contributed by atoms with Gasteiger partial charge in [0, 0.05) is 12.5 Å². The molecular weight excluding hydrogens is 174 g/mol. The van der Waals surface area contributed by atoms with Crippen LogP contribution in [0.1, 0.15) is 40.5 Å². The number of hydrogen-bond acceptors (Lipinski definition) is 2. The second-order valence-corrected chi connectivity index (χ2v) is 5.08. The predicted octanol–water partition coefficient (Wildman–Crippen LogP) is 2.24. The van der Waals surface area contributed by atoms with Crippen molar-refractivity contribution < 1.29 is 4.79 Å². The smallest absolute Gasteiger partial charge is 0.130 e. The molecule has 0 aromatic rings. The Bertz CT molecular complexity index is 224. The molecular formula is C12H23NO. The molecule has 0 saturated heterocycles. The number of carbonyl (C=O) groups is 1. The van der Waals surface area contributed by atoms with E-state index in [9.17, 15) is 4.79 Å². The molecule has 0 radical (unpaired) electrons. The Kier molecular flexibility index (Phi) is 3.36. The van der Waals surface area contributed by atoms with Gasteiger partial charge in [0.25, 0.3) is 0 Å². The lowest BCUT2D eigenvalue weighted by Crippen LogP contribution is -2.37. The van der Waals surface area contributed by atoms with Gasteiger partial charge in [0.2, 0.25) is 0 Å². The number of Topliss-reactive ketones (excluding diaryl/α,β-unsaturated/α-hetero) is 1. The van der Waals surface area contributed by atoms with Crippen LogP contribution in [-0.4, -0.2) is 18.9 Å². The fourth-order valence-electron chi connectivity index (χ4n) is 2.98. The van der Waals surface area contributed by atoms with Gasteiger partial charge >= 0.3 is 0 Å². The van der Waals surface area contributed by atoms with E-state index in [4.69, 9.17) is 0 Å². The molecule has 1 saturated carbocycles. The summed E-state index contributed by atoms with van der Waals surface area (Å²) in [5, 5.41) is 3.34. The minimum atomic E-state index is 0.334. The highest BCUT2D eigenvalue weighted by molar-refractivity contribution is 5.76. The summed E-state index contributed by atoms with van der Waals surface area (Å²) in [5.74, 6) is 1.61. The molecule has 3 unspecified atom stereocenters. The van der Waals surface area contributed by atoms with Gasteiger partial charge in [-0.05, 0) is 44.6 Å². The summed E-state index contributed by atoms with van der Waals surface area (Å²) in [5.41, 5.74) is 0.375. The molecule has 0 amide bonds. The van der Waals surface area contributed by atoms with Crippen LogP contribution in [0.15, 0.2) is 0 Å². The lowest BCUT2D eigenvalue weighted by Gasteiger charge is -2.28. The molecule has 1 fully saturated rings. The molecule has 0 spiro atoms. The van der Waals surface area contributed by atoms with Gasteiger partial charge in [0.15, 0.2) is 0 Å². The van der Waals surface area contributed by atoms with Gasteiger partial charge in [-0.2, -0.15) is 0 Å². The number of carbonyl (C=O) groups excluding carboxylic acids is 1. The zero-order valence-corrected chi connectivity index (χ0v) is 10.1. The number of rotatable bonds is 5. The number of ketones is 1. The van der Waals surface area contributed by atoms with E-state index in [1.807, 2.05) is 7.05 Å². The maximum absolute atomic E-state index is 11.1. The lowest BCUT2D eigenvalue weighted by atomic mass is 9.82. The van der Waals surface area contributed by atoms with Crippen LogP contribution < -0.4 is 5.32 Å². The van der Waals surface area contributed by atoms with Crippen LogP contribution in [0.25, 0.3) is 0 Å². The molecule has 0 heterocycles. The van der Waals surface area contributed by atoms with Crippen molar-refractivity contribution in [1.82, 2.24) is 5.32 Å². The first-order chi connectivity index (χ1) is 6.45. The van der Waals surface area contributed by atoms with Gasteiger partial charge < -0.3 is 10.1 Å². The van der Waals surface area contributed by atoms with Crippen LogP contribution in [-0.2, 0) is 4.79 Å². The summed E-state index contributed by atoms with van der Waals surface area (Å²) < 4.78 is 0. The molecule has 0 aliphatic heterocycles. The second-order valence-electron chi connectivity index (χ2n) is 5.08. The van der Waals surface area contributed by atoms with E-state index < -0.39 is 0 Å². The Hall–Kier alpha value is -0.370. The van der Waals surface area contributed by atoms with Crippen molar-refractivity contribution in [3.8, 4) is 0 Å². The van der Waals surface area contributed by atoms with Gasteiger partial charge in [-0.25, -0.2) is 0 Å². The average molecular weight is 197 g/mol. The van der Waals surface area contributed by atoms with Crippen molar-refractivity contribution in [2.45, 2.75) is 46.6 Å². The van der Waals surface area contributed by atoms with Gasteiger partial charge in [-0.1, -0.05) is 13.8 Å². The first-order valence-electron chi connectivity index (χ1n) is 5.61. The third-order valence-corrected chi connectivity index (χ3v) is 4.05. The van der Waals surface area contributed by atoms with Crippen molar-refractivity contribution in [3.05, 3.63) is 0 Å². The van der Waals surface area contributed by atoms with Crippen LogP contribution in [0.3, 0.4) is 0 Å². The van der Waals surface area contributed by atoms with Gasteiger partial charge in [-0.3, -0.25) is 0 Å². The molecule has 3 atom stereocenters. The Balaban J connectivity index is 2.66. The van der Waals surface area contributed by atoms with E-state index in [0.717, 1.165) is 6.42 Å². The monoisotopic (exact) mass is 197 g/mol. The Morgan fingerprint density at radius 1 is 1.50 bits per heavy atom. The molecule has 14 heavy (non-hydrogen) atoms. The van der Waals surface area contributed by atoms with Gasteiger partial charge in [-0.15, -0.1) is 0 Å². The molecule has 0 aromatic carbocycles. The van der Waals surface area contributed by atoms with E-state index in [1.54, 1.807) is 6.92 Å². The zero-order valence-electron chi connectivity index (χ0n) is 10.1. The highest BCUT2D eigenvalue weighted by Gasteiger charge is 2.58. The minimum Gasteiger partial charge on any atom is -0.317 e. The normalized spacial score (nSPS) is 33.1. The van der Waals surface area contributed by atoms with Crippen LogP contribution in [0, 0.1) is 17.3 Å². The van der Waals surface area contributed by atoms with Crippen LogP contribution >= 0.6 is 0 Å². The zero-order chi connectivity index (χ0) is 10.9. The topological polar surface area (TPSA) is 29.1 Å². The molecule has 0 aromatic heterocycles. The first kappa shape index (κ1) is 11.7. The van der Waals surface area contributed by atoms with Crippen molar-refractivity contribution in [2.75, 3.05) is 7.05 Å². The second kappa shape index (κ2) is 4.01. The Morgan fingerprint density at radius 2 is 2.07 bits per heavy atom. The fourth-order valence-corrected chi connectivity index (χ4v) is 2.98. The number of hydrogen-bond donors (Lipinski definition) is 1. The fraction of sp³-hybridized carbons (Fsp3) is 0.917. The summed E-state index contributed by atoms with van der Waals surface area (Å²) in [6.07, 6.45) is 1.98. The van der Waals surface area contributed by atoms with Crippen LogP contribution in [0.4, 0.5) is 0 Å². The standard InChI is InChI=1S/C12H23NO/c1-8(2)12(10(4)13-5)7-11(12)6-9(3)14/h8,10-11,13H,6-7H2,1-5H3. The van der Waals surface area contributed by atoms with Crippen molar-refractivity contribution in [1.29, 1.82) is 0 Å². The van der Waals surface area contributed by atoms with Crippen LogP contribution in [0.2, 0.25) is 0 Å². The summed E-state index contributed by atoms with van der Waals surface area (Å²) in [4.78, 5) is 11.1. The highest BCUT2D eigenvalue weighted by atomic mass is 16.1. The van der Waals surface area contributed by atoms with E-state index in [2.05, 4.69) is 26.1 Å². The lowest BCUT2D eigenvalue weighted by molar-refractivity contribution is -0.117. The van der Waals surface area contributed by atoms with E-state index in [-0.39, 0.29) is 0 Å². The Morgan fingerprint density at radius 3 is 2.43 bits per heavy atom. The van der Waals surface area contributed by atoms with Crippen molar-refractivity contribution in [3.63, 3.8) is 0 Å². The summed E-state index contributed by atoms with van der Waals surface area (Å²) in [6.45, 7) is 8.48. The van der Waals surface area contributed by atoms with Crippen LogP contribution in [0.5, 0.6) is 0 Å².